The Morgan fingerprint density at radius 3 is 2.48 bits per heavy atom. The summed E-state index contributed by atoms with van der Waals surface area (Å²) in [6.07, 6.45) is 1.86. The van der Waals surface area contributed by atoms with Crippen molar-refractivity contribution in [3.8, 4) is 5.69 Å². The number of carbonyl (C=O) groups excluding carboxylic acids is 2. The third-order valence-electron chi connectivity index (χ3n) is 8.84. The summed E-state index contributed by atoms with van der Waals surface area (Å²) in [6.45, 7) is 1.37. The van der Waals surface area contributed by atoms with Gasteiger partial charge < -0.3 is 9.52 Å². The number of rotatable bonds is 4. The predicted molar refractivity (Wildman–Crippen MR) is 149 cm³/mol. The molecule has 4 aromatic rings. The molecule has 1 saturated heterocycles. The Kier molecular flexibility index (Phi) is 5.83. The van der Waals surface area contributed by atoms with Crippen LogP contribution in [0.2, 0.25) is 5.02 Å². The van der Waals surface area contributed by atoms with E-state index in [-0.39, 0.29) is 36.0 Å². The van der Waals surface area contributed by atoms with Gasteiger partial charge in [-0.25, -0.2) is 32.8 Å². The van der Waals surface area contributed by atoms with E-state index in [9.17, 15) is 28.7 Å². The zero-order valence-corrected chi connectivity index (χ0v) is 23.0. The standard InChI is InChI=1S/C30H24ClFN4O6/c1-30-20(26(38)34(27(30)39)17-7-9-22(32)21(31)13-17)14-23-19(25(30)24-10-8-18(15-37)42-24)11-12-33-28(40)35(29(41)36(23)33)16-5-3-2-4-6-16/h2-11,13,20,23,25,37H,12,14-15H2,1H3. The molecular weight excluding hydrogens is 567 g/mol. The van der Waals surface area contributed by atoms with Gasteiger partial charge in [0, 0.05) is 0 Å². The average Bonchev–Trinajstić information content (AvgIpc) is 3.61. The first-order valence-electron chi connectivity index (χ1n) is 13.4. The summed E-state index contributed by atoms with van der Waals surface area (Å²) in [5.74, 6) is -2.88. The lowest BCUT2D eigenvalue weighted by molar-refractivity contribution is -0.129. The van der Waals surface area contributed by atoms with Crippen LogP contribution in [0.25, 0.3) is 5.69 Å². The Morgan fingerprint density at radius 2 is 1.79 bits per heavy atom. The van der Waals surface area contributed by atoms with Crippen LogP contribution in [0.1, 0.15) is 36.8 Å². The van der Waals surface area contributed by atoms with E-state index >= 15 is 0 Å². The van der Waals surface area contributed by atoms with Crippen molar-refractivity contribution < 1.29 is 23.5 Å². The van der Waals surface area contributed by atoms with Gasteiger partial charge in [0.05, 0.1) is 46.2 Å². The summed E-state index contributed by atoms with van der Waals surface area (Å²) < 4.78 is 23.7. The Balaban J connectivity index is 1.42. The summed E-state index contributed by atoms with van der Waals surface area (Å²) in [4.78, 5) is 56.7. The Morgan fingerprint density at radius 1 is 1.02 bits per heavy atom. The monoisotopic (exact) mass is 590 g/mol. The van der Waals surface area contributed by atoms with Crippen molar-refractivity contribution >= 4 is 29.1 Å². The number of anilines is 1. The van der Waals surface area contributed by atoms with Crippen LogP contribution in [0.5, 0.6) is 0 Å². The highest BCUT2D eigenvalue weighted by Crippen LogP contribution is 2.61. The molecular formula is C30H24ClFN4O6. The van der Waals surface area contributed by atoms with Gasteiger partial charge in [-0.1, -0.05) is 35.9 Å². The van der Waals surface area contributed by atoms with Crippen molar-refractivity contribution in [3.63, 3.8) is 0 Å². The Bertz CT molecular complexity index is 1940. The zero-order valence-electron chi connectivity index (χ0n) is 22.2. The highest BCUT2D eigenvalue weighted by molar-refractivity contribution is 6.31. The molecule has 42 heavy (non-hydrogen) atoms. The van der Waals surface area contributed by atoms with Crippen molar-refractivity contribution in [2.24, 2.45) is 11.3 Å². The van der Waals surface area contributed by atoms with Gasteiger partial charge in [0.15, 0.2) is 0 Å². The third-order valence-corrected chi connectivity index (χ3v) is 9.13. The van der Waals surface area contributed by atoms with E-state index < -0.39 is 52.3 Å². The molecule has 4 heterocycles. The molecule has 4 atom stereocenters. The molecule has 1 saturated carbocycles. The molecule has 1 aliphatic carbocycles. The summed E-state index contributed by atoms with van der Waals surface area (Å²) >= 11 is 6.01. The molecule has 3 aliphatic rings. The molecule has 4 unspecified atom stereocenters. The lowest BCUT2D eigenvalue weighted by Gasteiger charge is -2.45. The fourth-order valence-electron chi connectivity index (χ4n) is 6.88. The SMILES string of the molecule is CC12C(=O)N(c3ccc(F)c(Cl)c3)C(=O)C1CC1C(=CCn3c(=O)n(-c4ccccc4)c(=O)n31)C2c1ccc(CO)o1. The molecule has 2 fully saturated rings. The fourth-order valence-corrected chi connectivity index (χ4v) is 7.06. The van der Waals surface area contributed by atoms with Crippen LogP contribution >= 0.6 is 11.6 Å². The van der Waals surface area contributed by atoms with Gasteiger partial charge in [-0.3, -0.25) is 9.59 Å². The number of furan rings is 1. The highest BCUT2D eigenvalue weighted by atomic mass is 35.5. The van der Waals surface area contributed by atoms with Crippen molar-refractivity contribution in [1.82, 2.24) is 13.9 Å². The van der Waals surface area contributed by atoms with E-state index in [1.165, 1.54) is 21.5 Å². The van der Waals surface area contributed by atoms with E-state index in [4.69, 9.17) is 16.0 Å². The second-order valence-electron chi connectivity index (χ2n) is 10.9. The number of benzene rings is 2. The van der Waals surface area contributed by atoms with Crippen LogP contribution in [0.15, 0.2) is 86.3 Å². The molecule has 2 aromatic heterocycles. The van der Waals surface area contributed by atoms with E-state index in [1.54, 1.807) is 49.4 Å². The van der Waals surface area contributed by atoms with Gasteiger partial charge in [-0.05, 0) is 61.4 Å². The number of halogens is 2. The van der Waals surface area contributed by atoms with Crippen LogP contribution in [-0.4, -0.2) is 30.9 Å². The van der Waals surface area contributed by atoms with Crippen LogP contribution in [0.3, 0.4) is 0 Å². The van der Waals surface area contributed by atoms with Crippen molar-refractivity contribution in [3.05, 3.63) is 116 Å². The normalized spacial score (nSPS) is 24.8. The number of aliphatic hydroxyl groups is 1. The summed E-state index contributed by atoms with van der Waals surface area (Å²) in [5, 5.41) is 9.47. The van der Waals surface area contributed by atoms with Gasteiger partial charge in [0.2, 0.25) is 11.8 Å². The number of imide groups is 1. The van der Waals surface area contributed by atoms with Crippen molar-refractivity contribution in [2.75, 3.05) is 4.90 Å². The molecule has 2 aromatic carbocycles. The fraction of sp³-hybridized carbons (Fsp3) is 0.267. The maximum Gasteiger partial charge on any atom is 0.352 e. The molecule has 0 bridgehead atoms. The minimum absolute atomic E-state index is 0.0561. The van der Waals surface area contributed by atoms with Crippen LogP contribution < -0.4 is 16.3 Å². The van der Waals surface area contributed by atoms with E-state index in [0.29, 0.717) is 17.0 Å². The summed E-state index contributed by atoms with van der Waals surface area (Å²) in [7, 11) is 0. The number of para-hydroxylation sites is 1. The molecule has 12 heteroatoms. The Hall–Kier alpha value is -4.48. The number of hydrogen-bond donors (Lipinski definition) is 1. The first-order chi connectivity index (χ1) is 20.2. The van der Waals surface area contributed by atoms with Gasteiger partial charge in [0.25, 0.3) is 0 Å². The number of aromatic nitrogens is 3. The van der Waals surface area contributed by atoms with Crippen LogP contribution in [0.4, 0.5) is 10.1 Å². The number of nitrogens with zero attached hydrogens (tertiary/aromatic N) is 4. The number of allylic oxidation sites excluding steroid dienone is 2. The minimum Gasteiger partial charge on any atom is -0.463 e. The number of carbonyl (C=O) groups is 2. The molecule has 7 rings (SSSR count). The number of amides is 2. The smallest absolute Gasteiger partial charge is 0.352 e. The maximum atomic E-state index is 14.3. The van der Waals surface area contributed by atoms with Crippen molar-refractivity contribution in [2.45, 2.75) is 38.5 Å². The van der Waals surface area contributed by atoms with E-state index in [2.05, 4.69) is 0 Å². The van der Waals surface area contributed by atoms with Gasteiger partial charge >= 0.3 is 11.4 Å². The molecule has 1 N–H and O–H groups in total. The molecule has 2 amide bonds. The number of aliphatic hydroxyl groups excluding tert-OH is 1. The second kappa shape index (κ2) is 9.27. The highest BCUT2D eigenvalue weighted by Gasteiger charge is 2.66. The number of hydrogen-bond acceptors (Lipinski definition) is 6. The first kappa shape index (κ1) is 26.4. The molecule has 214 valence electrons. The molecule has 0 radical (unpaired) electrons. The summed E-state index contributed by atoms with van der Waals surface area (Å²) in [6, 6.07) is 14.7. The average molecular weight is 591 g/mol. The third kappa shape index (κ3) is 3.47. The van der Waals surface area contributed by atoms with Crippen LogP contribution in [-0.2, 0) is 22.7 Å². The predicted octanol–water partition coefficient (Wildman–Crippen LogP) is 3.54. The quantitative estimate of drug-likeness (QED) is 0.287. The topological polar surface area (TPSA) is 120 Å². The van der Waals surface area contributed by atoms with E-state index in [0.717, 1.165) is 15.5 Å². The summed E-state index contributed by atoms with van der Waals surface area (Å²) in [5.41, 5.74) is -1.27. The maximum absolute atomic E-state index is 14.3. The van der Waals surface area contributed by atoms with Gasteiger partial charge in [-0.15, -0.1) is 0 Å². The van der Waals surface area contributed by atoms with Crippen LogP contribution in [0, 0.1) is 17.2 Å². The molecule has 10 nitrogen and oxygen atoms in total. The van der Waals surface area contributed by atoms with E-state index in [1.807, 2.05) is 6.08 Å². The Labute approximate surface area is 242 Å². The lowest BCUT2D eigenvalue weighted by Crippen LogP contribution is -2.49. The lowest BCUT2D eigenvalue weighted by atomic mass is 9.58. The van der Waals surface area contributed by atoms with Gasteiger partial charge in [-0.2, -0.15) is 0 Å². The second-order valence-corrected chi connectivity index (χ2v) is 11.3. The largest absolute Gasteiger partial charge is 0.463 e. The van der Waals surface area contributed by atoms with Gasteiger partial charge in [0.1, 0.15) is 23.9 Å². The molecule has 0 spiro atoms. The first-order valence-corrected chi connectivity index (χ1v) is 13.8. The minimum atomic E-state index is -1.36. The number of fused-ring (bicyclic) bond motifs is 4. The molecule has 2 aliphatic heterocycles. The zero-order chi connectivity index (χ0) is 29.5. The van der Waals surface area contributed by atoms with Crippen molar-refractivity contribution in [1.29, 1.82) is 0 Å².